The molecule has 0 aliphatic rings. The molecule has 0 saturated heterocycles. The van der Waals surface area contributed by atoms with Gasteiger partial charge in [-0.2, -0.15) is 0 Å². The lowest BCUT2D eigenvalue weighted by Crippen LogP contribution is -1.97. The largest absolute Gasteiger partial charge is 0.466 e. The van der Waals surface area contributed by atoms with Gasteiger partial charge in [0.15, 0.2) is 0 Å². The van der Waals surface area contributed by atoms with Crippen molar-refractivity contribution in [1.29, 1.82) is 0 Å². The molecule has 0 unspecified atom stereocenters. The summed E-state index contributed by atoms with van der Waals surface area (Å²) >= 11 is 0. The van der Waals surface area contributed by atoms with Gasteiger partial charge in [-0.05, 0) is 26.7 Å². The van der Waals surface area contributed by atoms with Gasteiger partial charge in [-0.25, -0.2) is 4.57 Å². The van der Waals surface area contributed by atoms with E-state index in [2.05, 4.69) is 13.8 Å². The van der Waals surface area contributed by atoms with Crippen molar-refractivity contribution in [2.24, 2.45) is 0 Å². The Morgan fingerprint density at radius 1 is 0.486 bits per heavy atom. The molecular formula is C24H66N3O7P. The summed E-state index contributed by atoms with van der Waals surface area (Å²) in [5.41, 5.74) is 0. The number of unbranched alkanes of at least 4 members (excludes halogenated alkanes) is 14. The van der Waals surface area contributed by atoms with Gasteiger partial charge in [0.05, 0.1) is 0 Å². The minimum Gasteiger partial charge on any atom is -0.397 e. The monoisotopic (exact) mass is 539 g/mol. The van der Waals surface area contributed by atoms with Crippen molar-refractivity contribution in [1.82, 2.24) is 18.5 Å². The Kier molecular flexibility index (Phi) is 74.6. The first-order valence-corrected chi connectivity index (χ1v) is 14.4. The molecule has 0 amide bonds. The van der Waals surface area contributed by atoms with Crippen LogP contribution in [0.5, 0.6) is 0 Å². The first-order valence-electron chi connectivity index (χ1n) is 12.8. The van der Waals surface area contributed by atoms with Crippen molar-refractivity contribution in [2.75, 3.05) is 26.4 Å². The number of aliphatic hydroxyl groups is 2. The van der Waals surface area contributed by atoms with Crippen molar-refractivity contribution in [3.8, 4) is 0 Å². The summed E-state index contributed by atoms with van der Waals surface area (Å²) in [7, 11) is -4.64. The standard InChI is InChI=1S/C20H42O.2C2H6O.3H3N.H3O4P/c1-3-5-7-9-11-13-15-17-19-21-20-18-16-14-12-10-8-6-4-2;2*1-2-3;;;;1-5(2,3)4/h3-20H2,1-2H3;2*3H,2H2,1H3;3*1H3;(H3,1,2,3,4). The van der Waals surface area contributed by atoms with E-state index in [9.17, 15) is 0 Å². The van der Waals surface area contributed by atoms with Crippen LogP contribution in [-0.2, 0) is 9.30 Å². The van der Waals surface area contributed by atoms with E-state index in [1.165, 1.54) is 103 Å². The van der Waals surface area contributed by atoms with Crippen molar-refractivity contribution in [3.05, 3.63) is 0 Å². The third-order valence-corrected chi connectivity index (χ3v) is 4.28. The maximum Gasteiger partial charge on any atom is 0.466 e. The van der Waals surface area contributed by atoms with Gasteiger partial charge >= 0.3 is 7.82 Å². The fourth-order valence-electron chi connectivity index (χ4n) is 2.78. The van der Waals surface area contributed by atoms with Crippen LogP contribution in [0.15, 0.2) is 0 Å². The van der Waals surface area contributed by atoms with Crippen LogP contribution in [0.4, 0.5) is 0 Å². The lowest BCUT2D eigenvalue weighted by Gasteiger charge is -2.05. The normalized spacial score (nSPS) is 9.40. The summed E-state index contributed by atoms with van der Waals surface area (Å²) in [4.78, 5) is 21.6. The molecule has 0 spiro atoms. The second-order valence-electron chi connectivity index (χ2n) is 7.71. The van der Waals surface area contributed by atoms with Crippen LogP contribution < -0.4 is 18.5 Å². The van der Waals surface area contributed by atoms with Crippen molar-refractivity contribution in [3.63, 3.8) is 0 Å². The average molecular weight is 540 g/mol. The van der Waals surface area contributed by atoms with Crippen LogP contribution in [0.3, 0.4) is 0 Å². The zero-order chi connectivity index (χ0) is 25.3. The maximum atomic E-state index is 8.88. The highest BCUT2D eigenvalue weighted by molar-refractivity contribution is 7.45. The molecule has 0 aromatic heterocycles. The van der Waals surface area contributed by atoms with E-state index in [1.54, 1.807) is 13.8 Å². The van der Waals surface area contributed by atoms with E-state index < -0.39 is 7.82 Å². The van der Waals surface area contributed by atoms with E-state index in [1.807, 2.05) is 0 Å². The Balaban J connectivity index is -0.0000000945. The van der Waals surface area contributed by atoms with E-state index in [4.69, 9.17) is 34.2 Å². The number of ether oxygens (including phenoxy) is 1. The van der Waals surface area contributed by atoms with Gasteiger partial charge in [0.2, 0.25) is 0 Å². The summed E-state index contributed by atoms with van der Waals surface area (Å²) in [6.45, 7) is 10.4. The van der Waals surface area contributed by atoms with Gasteiger partial charge in [0.1, 0.15) is 0 Å². The Morgan fingerprint density at radius 2 is 0.657 bits per heavy atom. The predicted molar refractivity (Wildman–Crippen MR) is 151 cm³/mol. The summed E-state index contributed by atoms with van der Waals surface area (Å²) in [6.07, 6.45) is 22.2. The molecule has 0 aromatic carbocycles. The molecule has 0 aliphatic carbocycles. The minimum absolute atomic E-state index is 0. The number of hydrogen-bond donors (Lipinski definition) is 8. The van der Waals surface area contributed by atoms with Gasteiger partial charge in [0.25, 0.3) is 0 Å². The predicted octanol–water partition coefficient (Wildman–Crippen LogP) is 6.84. The zero-order valence-electron chi connectivity index (χ0n) is 23.8. The minimum atomic E-state index is -4.64. The molecule has 224 valence electrons. The Labute approximate surface area is 217 Å². The zero-order valence-corrected chi connectivity index (χ0v) is 24.7. The third kappa shape index (κ3) is 108. The second-order valence-corrected chi connectivity index (χ2v) is 8.73. The van der Waals surface area contributed by atoms with Crippen LogP contribution >= 0.6 is 7.82 Å². The van der Waals surface area contributed by atoms with Gasteiger partial charge in [-0.3, -0.25) is 0 Å². The molecule has 0 heterocycles. The molecule has 14 N–H and O–H groups in total. The molecular weight excluding hydrogens is 473 g/mol. The average Bonchev–Trinajstić information content (AvgIpc) is 2.70. The van der Waals surface area contributed by atoms with E-state index in [0.717, 1.165) is 13.2 Å². The molecule has 0 saturated carbocycles. The lowest BCUT2D eigenvalue weighted by molar-refractivity contribution is 0.125. The summed E-state index contributed by atoms with van der Waals surface area (Å²) in [5, 5.41) is 15.1. The molecule has 0 atom stereocenters. The molecule has 0 rings (SSSR count). The van der Waals surface area contributed by atoms with E-state index in [0.29, 0.717) is 0 Å². The topological polar surface area (TPSA) is 232 Å². The van der Waals surface area contributed by atoms with Crippen LogP contribution in [0.1, 0.15) is 130 Å². The van der Waals surface area contributed by atoms with Gasteiger partial charge in [-0.15, -0.1) is 0 Å². The Hall–Kier alpha value is -0.130. The Morgan fingerprint density at radius 3 is 0.857 bits per heavy atom. The van der Waals surface area contributed by atoms with E-state index in [-0.39, 0.29) is 31.7 Å². The fourth-order valence-corrected chi connectivity index (χ4v) is 2.78. The maximum absolute atomic E-state index is 8.88. The number of aliphatic hydroxyl groups excluding tert-OH is 2. The molecule has 0 fully saturated rings. The highest BCUT2D eigenvalue weighted by Gasteiger charge is 2.00. The Bertz CT molecular complexity index is 312. The fraction of sp³-hybridized carbons (Fsp3) is 1.00. The van der Waals surface area contributed by atoms with Gasteiger partial charge in [-0.1, -0.05) is 104 Å². The molecule has 0 bridgehead atoms. The second kappa shape index (κ2) is 50.7. The number of hydrogen-bond acceptors (Lipinski definition) is 7. The van der Waals surface area contributed by atoms with Crippen LogP contribution in [0.25, 0.3) is 0 Å². The summed E-state index contributed by atoms with van der Waals surface area (Å²) in [5.74, 6) is 0. The van der Waals surface area contributed by atoms with E-state index >= 15 is 0 Å². The SMILES string of the molecule is CCCCCCCCCCOCCCCCCCCCC.CCO.CCO.N.N.N.O=P(O)(O)O. The number of phosphoric acid groups is 1. The molecule has 11 heteroatoms. The van der Waals surface area contributed by atoms with Crippen molar-refractivity contribution in [2.45, 2.75) is 130 Å². The molecule has 10 nitrogen and oxygen atoms in total. The highest BCUT2D eigenvalue weighted by atomic mass is 31.2. The summed E-state index contributed by atoms with van der Waals surface area (Å²) < 4.78 is 14.6. The molecule has 0 aromatic rings. The smallest absolute Gasteiger partial charge is 0.397 e. The van der Waals surface area contributed by atoms with Crippen LogP contribution in [0, 0.1) is 0 Å². The molecule has 35 heavy (non-hydrogen) atoms. The lowest BCUT2D eigenvalue weighted by atomic mass is 10.1. The van der Waals surface area contributed by atoms with Gasteiger partial charge < -0.3 is 48.1 Å². The highest BCUT2D eigenvalue weighted by Crippen LogP contribution is 2.25. The van der Waals surface area contributed by atoms with Crippen LogP contribution in [0.2, 0.25) is 0 Å². The first-order chi connectivity index (χ1) is 15.2. The summed E-state index contributed by atoms with van der Waals surface area (Å²) in [6, 6.07) is 0. The number of rotatable bonds is 18. The van der Waals surface area contributed by atoms with Crippen molar-refractivity contribution < 1.29 is 34.2 Å². The van der Waals surface area contributed by atoms with Crippen LogP contribution in [-0.4, -0.2) is 51.3 Å². The third-order valence-electron chi connectivity index (χ3n) is 4.28. The van der Waals surface area contributed by atoms with Crippen molar-refractivity contribution >= 4 is 7.82 Å². The quantitative estimate of drug-likeness (QED) is 0.0666. The first kappa shape index (κ1) is 51.5. The molecule has 0 aliphatic heterocycles. The molecule has 0 radical (unpaired) electrons. The van der Waals surface area contributed by atoms with Gasteiger partial charge in [0, 0.05) is 26.4 Å².